The second kappa shape index (κ2) is 8.05. The first-order valence-electron chi connectivity index (χ1n) is 8.21. The molecule has 8 nitrogen and oxygen atoms in total. The van der Waals surface area contributed by atoms with Gasteiger partial charge >= 0.3 is 12.1 Å². The van der Waals surface area contributed by atoms with E-state index in [9.17, 15) is 9.59 Å². The molecule has 0 aliphatic carbocycles. The molecule has 2 N–H and O–H groups in total. The minimum atomic E-state index is -0.522. The second-order valence-corrected chi connectivity index (χ2v) is 6.65. The minimum absolute atomic E-state index is 0.183. The number of amides is 3. The van der Waals surface area contributed by atoms with E-state index >= 15 is 0 Å². The summed E-state index contributed by atoms with van der Waals surface area (Å²) in [5.41, 5.74) is 1.58. The number of nitrogens with one attached hydrogen (secondary N) is 2. The first kappa shape index (κ1) is 18.0. The van der Waals surface area contributed by atoms with Gasteiger partial charge in [0, 0.05) is 29.6 Å². The van der Waals surface area contributed by atoms with Crippen LogP contribution in [0, 0.1) is 0 Å². The topological polar surface area (TPSA) is 92.8 Å². The molecule has 1 aromatic heterocycles. The second-order valence-electron chi connectivity index (χ2n) is 5.57. The number of hydrogen-bond donors (Lipinski definition) is 2. The van der Waals surface area contributed by atoms with Gasteiger partial charge in [-0.3, -0.25) is 5.32 Å². The largest absolute Gasteiger partial charge is 0.497 e. The van der Waals surface area contributed by atoms with E-state index in [1.807, 2.05) is 18.2 Å². The van der Waals surface area contributed by atoms with Gasteiger partial charge in [0.25, 0.3) is 0 Å². The van der Waals surface area contributed by atoms with Crippen LogP contribution in [0.5, 0.6) is 5.75 Å². The van der Waals surface area contributed by atoms with Crippen molar-refractivity contribution < 1.29 is 19.1 Å². The van der Waals surface area contributed by atoms with Crippen LogP contribution in [-0.2, 0) is 17.7 Å². The van der Waals surface area contributed by atoms with Crippen molar-refractivity contribution in [2.75, 3.05) is 30.9 Å². The third-order valence-corrected chi connectivity index (χ3v) is 4.82. The third kappa shape index (κ3) is 4.23. The molecule has 1 aromatic carbocycles. The number of rotatable bonds is 4. The van der Waals surface area contributed by atoms with Crippen LogP contribution in [0.2, 0.25) is 0 Å². The molecule has 26 heavy (non-hydrogen) atoms. The summed E-state index contributed by atoms with van der Waals surface area (Å²) in [6.07, 6.45) is 0.119. The van der Waals surface area contributed by atoms with Crippen molar-refractivity contribution in [2.45, 2.75) is 19.9 Å². The fourth-order valence-corrected chi connectivity index (χ4v) is 3.59. The number of hydrogen-bond acceptors (Lipinski definition) is 6. The molecule has 0 radical (unpaired) electrons. The fraction of sp³-hybridized carbons (Fsp3) is 0.353. The van der Waals surface area contributed by atoms with Gasteiger partial charge in [-0.15, -0.1) is 0 Å². The van der Waals surface area contributed by atoms with Crippen LogP contribution >= 0.6 is 11.3 Å². The molecule has 2 aromatic rings. The third-order valence-electron chi connectivity index (χ3n) is 3.82. The Labute approximate surface area is 155 Å². The van der Waals surface area contributed by atoms with E-state index in [4.69, 9.17) is 9.47 Å². The lowest BCUT2D eigenvalue weighted by molar-refractivity contribution is 0.168. The number of ether oxygens (including phenoxy) is 2. The van der Waals surface area contributed by atoms with Crippen molar-refractivity contribution in [3.8, 4) is 5.75 Å². The van der Waals surface area contributed by atoms with Crippen molar-refractivity contribution >= 4 is 34.3 Å². The first-order chi connectivity index (χ1) is 12.6. The molecule has 2 heterocycles. The van der Waals surface area contributed by atoms with Gasteiger partial charge in [0.15, 0.2) is 5.13 Å². The van der Waals surface area contributed by atoms with Crippen LogP contribution in [0.25, 0.3) is 0 Å². The summed E-state index contributed by atoms with van der Waals surface area (Å²) >= 11 is 1.36. The van der Waals surface area contributed by atoms with E-state index in [1.54, 1.807) is 25.0 Å². The number of fused-ring (bicyclic) bond motifs is 1. The average molecular weight is 376 g/mol. The maximum Gasteiger partial charge on any atom is 0.413 e. The van der Waals surface area contributed by atoms with Gasteiger partial charge in [0.2, 0.25) is 0 Å². The summed E-state index contributed by atoms with van der Waals surface area (Å²) in [6.45, 7) is 3.05. The maximum absolute atomic E-state index is 12.5. The zero-order valence-electron chi connectivity index (χ0n) is 14.6. The van der Waals surface area contributed by atoms with Gasteiger partial charge in [-0.2, -0.15) is 0 Å². The highest BCUT2D eigenvalue weighted by molar-refractivity contribution is 7.15. The minimum Gasteiger partial charge on any atom is -0.497 e. The van der Waals surface area contributed by atoms with Crippen LogP contribution in [0.1, 0.15) is 17.5 Å². The van der Waals surface area contributed by atoms with Crippen LogP contribution in [-0.4, -0.2) is 42.3 Å². The molecular weight excluding hydrogens is 356 g/mol. The van der Waals surface area contributed by atoms with Crippen molar-refractivity contribution in [3.05, 3.63) is 34.8 Å². The van der Waals surface area contributed by atoms with E-state index < -0.39 is 6.09 Å². The average Bonchev–Trinajstić information content (AvgIpc) is 3.03. The van der Waals surface area contributed by atoms with Crippen LogP contribution in [0.4, 0.5) is 20.4 Å². The molecule has 3 amide bonds. The molecule has 3 rings (SSSR count). The normalized spacial score (nSPS) is 12.9. The molecule has 1 aliphatic heterocycles. The fourth-order valence-electron chi connectivity index (χ4n) is 2.58. The van der Waals surface area contributed by atoms with Crippen LogP contribution < -0.4 is 15.4 Å². The highest BCUT2D eigenvalue weighted by Crippen LogP contribution is 2.29. The summed E-state index contributed by atoms with van der Waals surface area (Å²) in [6, 6.07) is 7.03. The standard InChI is InChI=1S/C17H20N4O4S/c1-3-25-17(23)20-15-19-13-7-8-21(10-14(13)26-15)16(22)18-11-5-4-6-12(9-11)24-2/h4-6,9H,3,7-8,10H2,1-2H3,(H,18,22)(H,19,20,23). The number of carbonyl (C=O) groups excluding carboxylic acids is 2. The van der Waals surface area contributed by atoms with Crippen LogP contribution in [0.3, 0.4) is 0 Å². The molecule has 9 heteroatoms. The smallest absolute Gasteiger partial charge is 0.413 e. The molecular formula is C17H20N4O4S. The number of carbonyl (C=O) groups is 2. The SMILES string of the molecule is CCOC(=O)Nc1nc2c(s1)CN(C(=O)Nc1cccc(OC)c1)CC2. The Morgan fingerprint density at radius 1 is 1.35 bits per heavy atom. The maximum atomic E-state index is 12.5. The van der Waals surface area contributed by atoms with Crippen LogP contribution in [0.15, 0.2) is 24.3 Å². The Hall–Kier alpha value is -2.81. The van der Waals surface area contributed by atoms with E-state index in [0.717, 1.165) is 10.6 Å². The first-order valence-corrected chi connectivity index (χ1v) is 9.03. The predicted octanol–water partition coefficient (Wildman–Crippen LogP) is 3.31. The van der Waals surface area contributed by atoms with Gasteiger partial charge in [-0.1, -0.05) is 17.4 Å². The van der Waals surface area contributed by atoms with Crippen molar-refractivity contribution in [1.29, 1.82) is 0 Å². The van der Waals surface area contributed by atoms with E-state index in [0.29, 0.717) is 42.7 Å². The Morgan fingerprint density at radius 3 is 2.96 bits per heavy atom. The number of urea groups is 1. The highest BCUT2D eigenvalue weighted by atomic mass is 32.1. The number of benzene rings is 1. The number of methoxy groups -OCH3 is 1. The molecule has 0 atom stereocenters. The van der Waals surface area contributed by atoms with Gasteiger partial charge in [-0.25, -0.2) is 14.6 Å². The predicted molar refractivity (Wildman–Crippen MR) is 98.9 cm³/mol. The Balaban J connectivity index is 1.63. The summed E-state index contributed by atoms with van der Waals surface area (Å²) in [7, 11) is 1.58. The molecule has 0 saturated carbocycles. The number of aromatic nitrogens is 1. The summed E-state index contributed by atoms with van der Waals surface area (Å²) < 4.78 is 10.0. The zero-order valence-corrected chi connectivity index (χ0v) is 15.4. The number of anilines is 2. The molecule has 138 valence electrons. The van der Waals surface area contributed by atoms with E-state index in [1.165, 1.54) is 11.3 Å². The summed E-state index contributed by atoms with van der Waals surface area (Å²) in [4.78, 5) is 31.1. The van der Waals surface area contributed by atoms with E-state index in [2.05, 4.69) is 15.6 Å². The summed E-state index contributed by atoms with van der Waals surface area (Å²) in [5.74, 6) is 0.681. The zero-order chi connectivity index (χ0) is 18.5. The molecule has 0 bridgehead atoms. The Morgan fingerprint density at radius 2 is 2.19 bits per heavy atom. The molecule has 0 spiro atoms. The summed E-state index contributed by atoms with van der Waals surface area (Å²) in [5, 5.41) is 5.97. The van der Waals surface area contributed by atoms with Crippen molar-refractivity contribution in [2.24, 2.45) is 0 Å². The Kier molecular flexibility index (Phi) is 5.57. The molecule has 1 aliphatic rings. The van der Waals surface area contributed by atoms with Gasteiger partial charge in [0.1, 0.15) is 5.75 Å². The van der Waals surface area contributed by atoms with Gasteiger partial charge < -0.3 is 19.7 Å². The monoisotopic (exact) mass is 376 g/mol. The Bertz CT molecular complexity index is 808. The van der Waals surface area contributed by atoms with Crippen molar-refractivity contribution in [1.82, 2.24) is 9.88 Å². The number of nitrogens with zero attached hydrogens (tertiary/aromatic N) is 2. The van der Waals surface area contributed by atoms with Crippen molar-refractivity contribution in [3.63, 3.8) is 0 Å². The van der Waals surface area contributed by atoms with E-state index in [-0.39, 0.29) is 6.03 Å². The van der Waals surface area contributed by atoms with Gasteiger partial charge in [-0.05, 0) is 19.1 Å². The highest BCUT2D eigenvalue weighted by Gasteiger charge is 2.24. The lowest BCUT2D eigenvalue weighted by atomic mass is 10.2. The van der Waals surface area contributed by atoms with Gasteiger partial charge in [0.05, 0.1) is 26.0 Å². The number of thiazole rings is 1. The lowest BCUT2D eigenvalue weighted by Crippen LogP contribution is -2.38. The molecule has 0 saturated heterocycles. The molecule has 0 fully saturated rings. The quantitative estimate of drug-likeness (QED) is 0.854. The lowest BCUT2D eigenvalue weighted by Gasteiger charge is -2.26. The molecule has 0 unspecified atom stereocenters.